The molecular weight excluding hydrogens is 174 g/mol. The Labute approximate surface area is 84.3 Å². The molecule has 1 N–H and O–H groups in total. The summed E-state index contributed by atoms with van der Waals surface area (Å²) in [5, 5.41) is 3.23. The van der Waals surface area contributed by atoms with Crippen LogP contribution in [0.15, 0.2) is 24.3 Å². The molecule has 0 saturated carbocycles. The number of aryl methyl sites for hydroxylation is 1. The predicted molar refractivity (Wildman–Crippen MR) is 56.5 cm³/mol. The van der Waals surface area contributed by atoms with E-state index in [1.807, 2.05) is 31.2 Å². The molecule has 1 unspecified atom stereocenters. The van der Waals surface area contributed by atoms with Crippen LogP contribution in [0.4, 0.5) is 0 Å². The Hall–Kier alpha value is -1.15. The van der Waals surface area contributed by atoms with E-state index in [1.165, 1.54) is 0 Å². The Morgan fingerprint density at radius 2 is 2.21 bits per heavy atom. The average molecular weight is 189 g/mol. The van der Waals surface area contributed by atoms with Crippen molar-refractivity contribution in [1.82, 2.24) is 5.32 Å². The average Bonchev–Trinajstić information content (AvgIpc) is 2.70. The number of hydrogen-bond acceptors (Lipinski definition) is 2. The second-order valence-corrected chi connectivity index (χ2v) is 3.83. The number of ketones is 1. The summed E-state index contributed by atoms with van der Waals surface area (Å²) in [5.41, 5.74) is 1.94. The summed E-state index contributed by atoms with van der Waals surface area (Å²) in [6.45, 7) is 2.96. The lowest BCUT2D eigenvalue weighted by Gasteiger charge is -2.10. The third kappa shape index (κ3) is 1.70. The Morgan fingerprint density at radius 1 is 1.43 bits per heavy atom. The lowest BCUT2D eigenvalue weighted by molar-refractivity contribution is 0.0951. The van der Waals surface area contributed by atoms with Gasteiger partial charge in [-0.2, -0.15) is 0 Å². The molecule has 1 atom stereocenters. The van der Waals surface area contributed by atoms with Gasteiger partial charge in [-0.3, -0.25) is 4.79 Å². The molecule has 1 aliphatic rings. The van der Waals surface area contributed by atoms with E-state index in [1.54, 1.807) is 0 Å². The first kappa shape index (κ1) is 9.41. The molecule has 74 valence electrons. The van der Waals surface area contributed by atoms with Crippen molar-refractivity contribution in [3.8, 4) is 0 Å². The molecule has 14 heavy (non-hydrogen) atoms. The Kier molecular flexibility index (Phi) is 2.64. The maximum Gasteiger partial charge on any atom is 0.179 e. The van der Waals surface area contributed by atoms with Crippen molar-refractivity contribution in [3.63, 3.8) is 0 Å². The van der Waals surface area contributed by atoms with E-state index < -0.39 is 0 Å². The lowest BCUT2D eigenvalue weighted by Crippen LogP contribution is -2.31. The molecule has 1 aliphatic heterocycles. The van der Waals surface area contributed by atoms with Crippen molar-refractivity contribution in [2.45, 2.75) is 25.8 Å². The monoisotopic (exact) mass is 189 g/mol. The fourth-order valence-electron chi connectivity index (χ4n) is 1.95. The number of rotatable bonds is 2. The van der Waals surface area contributed by atoms with Gasteiger partial charge in [0.2, 0.25) is 0 Å². The Balaban J connectivity index is 2.22. The van der Waals surface area contributed by atoms with Crippen molar-refractivity contribution in [1.29, 1.82) is 0 Å². The summed E-state index contributed by atoms with van der Waals surface area (Å²) in [7, 11) is 0. The largest absolute Gasteiger partial charge is 0.307 e. The van der Waals surface area contributed by atoms with E-state index in [2.05, 4.69) is 5.32 Å². The molecule has 0 aliphatic carbocycles. The van der Waals surface area contributed by atoms with Gasteiger partial charge in [-0.15, -0.1) is 0 Å². The zero-order valence-corrected chi connectivity index (χ0v) is 8.42. The molecule has 2 nitrogen and oxygen atoms in total. The highest BCUT2D eigenvalue weighted by Crippen LogP contribution is 2.15. The van der Waals surface area contributed by atoms with Gasteiger partial charge in [0, 0.05) is 5.56 Å². The van der Waals surface area contributed by atoms with Gasteiger partial charge in [-0.25, -0.2) is 0 Å². The normalized spacial score (nSPS) is 21.1. The summed E-state index contributed by atoms with van der Waals surface area (Å²) in [6, 6.07) is 7.85. The van der Waals surface area contributed by atoms with E-state index >= 15 is 0 Å². The van der Waals surface area contributed by atoms with Gasteiger partial charge in [0.25, 0.3) is 0 Å². The lowest BCUT2D eigenvalue weighted by atomic mass is 9.99. The van der Waals surface area contributed by atoms with Crippen molar-refractivity contribution >= 4 is 5.78 Å². The number of benzene rings is 1. The van der Waals surface area contributed by atoms with Crippen molar-refractivity contribution in [3.05, 3.63) is 35.4 Å². The first-order valence-corrected chi connectivity index (χ1v) is 5.12. The van der Waals surface area contributed by atoms with E-state index in [0.717, 1.165) is 30.5 Å². The molecule has 2 rings (SSSR count). The SMILES string of the molecule is Cc1ccccc1C(=O)C1CCCN1. The van der Waals surface area contributed by atoms with Crippen LogP contribution in [-0.4, -0.2) is 18.4 Å². The van der Waals surface area contributed by atoms with E-state index in [4.69, 9.17) is 0 Å². The molecule has 0 aromatic heterocycles. The minimum absolute atomic E-state index is 0.0519. The van der Waals surface area contributed by atoms with Crippen molar-refractivity contribution in [2.24, 2.45) is 0 Å². The summed E-state index contributed by atoms with van der Waals surface area (Å²) >= 11 is 0. The fourth-order valence-corrected chi connectivity index (χ4v) is 1.95. The molecule has 1 aromatic carbocycles. The van der Waals surface area contributed by atoms with Crippen LogP contribution in [0.3, 0.4) is 0 Å². The maximum absolute atomic E-state index is 12.0. The molecule has 1 saturated heterocycles. The van der Waals surface area contributed by atoms with Gasteiger partial charge in [-0.05, 0) is 31.9 Å². The number of hydrogen-bond donors (Lipinski definition) is 1. The summed E-state index contributed by atoms with van der Waals surface area (Å²) in [5.74, 6) is 0.251. The van der Waals surface area contributed by atoms with Gasteiger partial charge in [0.05, 0.1) is 6.04 Å². The molecule has 0 radical (unpaired) electrons. The number of carbonyl (C=O) groups excluding carboxylic acids is 1. The molecular formula is C12H15NO. The highest BCUT2D eigenvalue weighted by atomic mass is 16.1. The van der Waals surface area contributed by atoms with Crippen LogP contribution in [0, 0.1) is 6.92 Å². The first-order valence-electron chi connectivity index (χ1n) is 5.12. The minimum Gasteiger partial charge on any atom is -0.307 e. The van der Waals surface area contributed by atoms with E-state index in [9.17, 15) is 4.79 Å². The van der Waals surface area contributed by atoms with Crippen molar-refractivity contribution < 1.29 is 4.79 Å². The summed E-state index contributed by atoms with van der Waals surface area (Å²) < 4.78 is 0. The van der Waals surface area contributed by atoms with Crippen molar-refractivity contribution in [2.75, 3.05) is 6.54 Å². The molecule has 0 bridgehead atoms. The maximum atomic E-state index is 12.0. The van der Waals surface area contributed by atoms with Gasteiger partial charge >= 0.3 is 0 Å². The topological polar surface area (TPSA) is 29.1 Å². The molecule has 2 heteroatoms. The molecule has 1 fully saturated rings. The zero-order valence-electron chi connectivity index (χ0n) is 8.42. The highest BCUT2D eigenvalue weighted by Gasteiger charge is 2.23. The first-order chi connectivity index (χ1) is 6.79. The van der Waals surface area contributed by atoms with Gasteiger partial charge in [0.15, 0.2) is 5.78 Å². The Bertz CT molecular complexity index is 340. The van der Waals surface area contributed by atoms with Crippen LogP contribution in [0.2, 0.25) is 0 Å². The van der Waals surface area contributed by atoms with Crippen LogP contribution in [0.5, 0.6) is 0 Å². The highest BCUT2D eigenvalue weighted by molar-refractivity contribution is 6.01. The molecule has 0 spiro atoms. The summed E-state index contributed by atoms with van der Waals surface area (Å²) in [4.78, 5) is 12.0. The minimum atomic E-state index is 0.0519. The van der Waals surface area contributed by atoms with Crippen LogP contribution in [0.25, 0.3) is 0 Å². The fraction of sp³-hybridized carbons (Fsp3) is 0.417. The van der Waals surface area contributed by atoms with Crippen LogP contribution >= 0.6 is 0 Å². The third-order valence-electron chi connectivity index (χ3n) is 2.79. The van der Waals surface area contributed by atoms with Gasteiger partial charge < -0.3 is 5.32 Å². The number of nitrogens with one attached hydrogen (secondary N) is 1. The predicted octanol–water partition coefficient (Wildman–Crippen LogP) is 1.93. The van der Waals surface area contributed by atoms with E-state index in [-0.39, 0.29) is 11.8 Å². The number of Topliss-reactive ketones (excluding diaryl/α,β-unsaturated/α-hetero) is 1. The summed E-state index contributed by atoms with van der Waals surface area (Å²) in [6.07, 6.45) is 2.09. The van der Waals surface area contributed by atoms with Gasteiger partial charge in [-0.1, -0.05) is 24.3 Å². The standard InChI is InChI=1S/C12H15NO/c1-9-5-2-3-6-10(9)12(14)11-7-4-8-13-11/h2-3,5-6,11,13H,4,7-8H2,1H3. The van der Waals surface area contributed by atoms with Crippen LogP contribution < -0.4 is 5.32 Å². The molecule has 1 heterocycles. The smallest absolute Gasteiger partial charge is 0.179 e. The molecule has 1 aromatic rings. The third-order valence-corrected chi connectivity index (χ3v) is 2.79. The van der Waals surface area contributed by atoms with Crippen LogP contribution in [-0.2, 0) is 0 Å². The quantitative estimate of drug-likeness (QED) is 0.720. The van der Waals surface area contributed by atoms with Gasteiger partial charge in [0.1, 0.15) is 0 Å². The zero-order chi connectivity index (χ0) is 9.97. The van der Waals surface area contributed by atoms with E-state index in [0.29, 0.717) is 0 Å². The molecule has 0 amide bonds. The number of carbonyl (C=O) groups is 1. The Morgan fingerprint density at radius 3 is 2.86 bits per heavy atom. The second-order valence-electron chi connectivity index (χ2n) is 3.83. The van der Waals surface area contributed by atoms with Crippen LogP contribution in [0.1, 0.15) is 28.8 Å². The second kappa shape index (κ2) is 3.93.